The summed E-state index contributed by atoms with van der Waals surface area (Å²) >= 11 is 0. The van der Waals surface area contributed by atoms with E-state index in [4.69, 9.17) is 10.00 Å². The third kappa shape index (κ3) is 3.78. The van der Waals surface area contributed by atoms with E-state index < -0.39 is 0 Å². The molecule has 0 aliphatic carbocycles. The van der Waals surface area contributed by atoms with Gasteiger partial charge in [-0.25, -0.2) is 0 Å². The van der Waals surface area contributed by atoms with E-state index in [1.165, 1.54) is 0 Å². The molecule has 1 rings (SSSR count). The quantitative estimate of drug-likeness (QED) is 0.681. The van der Waals surface area contributed by atoms with E-state index in [0.717, 1.165) is 32.8 Å². The van der Waals surface area contributed by atoms with Crippen LogP contribution in [0.2, 0.25) is 0 Å². The zero-order chi connectivity index (χ0) is 11.3. The van der Waals surface area contributed by atoms with Gasteiger partial charge in [-0.2, -0.15) is 5.26 Å². The molecule has 0 saturated carbocycles. The van der Waals surface area contributed by atoms with Gasteiger partial charge >= 0.3 is 0 Å². The van der Waals surface area contributed by atoms with Crippen LogP contribution in [0.15, 0.2) is 0 Å². The molecule has 0 bridgehead atoms. The monoisotopic (exact) mass is 211 g/mol. The van der Waals surface area contributed by atoms with E-state index in [9.17, 15) is 0 Å². The molecule has 0 radical (unpaired) electrons. The van der Waals surface area contributed by atoms with Gasteiger partial charge in [-0.3, -0.25) is 9.80 Å². The van der Waals surface area contributed by atoms with Gasteiger partial charge in [-0.1, -0.05) is 6.92 Å². The van der Waals surface area contributed by atoms with E-state index in [1.54, 1.807) is 0 Å². The maximum atomic E-state index is 8.79. The Bertz CT molecular complexity index is 226. The summed E-state index contributed by atoms with van der Waals surface area (Å²) in [4.78, 5) is 4.43. The summed E-state index contributed by atoms with van der Waals surface area (Å²) in [6, 6.07) is 2.20. The normalized spacial score (nSPS) is 25.1. The lowest BCUT2D eigenvalue weighted by Crippen LogP contribution is -2.48. The smallest absolute Gasteiger partial charge is 0.0947 e. The van der Waals surface area contributed by atoms with Crippen LogP contribution in [0.5, 0.6) is 0 Å². The molecule has 0 N–H and O–H groups in total. The second-order valence-electron chi connectivity index (χ2n) is 4.13. The third-order valence-electron chi connectivity index (χ3n) is 3.01. The van der Waals surface area contributed by atoms with Crippen molar-refractivity contribution in [1.82, 2.24) is 9.80 Å². The Balaban J connectivity index is 2.35. The second-order valence-corrected chi connectivity index (χ2v) is 4.13. The first kappa shape index (κ1) is 12.4. The van der Waals surface area contributed by atoms with Crippen molar-refractivity contribution in [1.29, 1.82) is 5.26 Å². The van der Waals surface area contributed by atoms with Crippen LogP contribution in [0.25, 0.3) is 0 Å². The minimum absolute atomic E-state index is 0.0365. The number of likely N-dealkylation sites (N-methyl/N-ethyl adjacent to an activating group) is 2. The molecule has 4 heteroatoms. The molecule has 1 aliphatic rings. The Labute approximate surface area is 92.4 Å². The third-order valence-corrected chi connectivity index (χ3v) is 3.01. The van der Waals surface area contributed by atoms with Crippen LogP contribution in [0.3, 0.4) is 0 Å². The van der Waals surface area contributed by atoms with Crippen molar-refractivity contribution in [3.63, 3.8) is 0 Å². The van der Waals surface area contributed by atoms with Gasteiger partial charge < -0.3 is 4.74 Å². The Morgan fingerprint density at radius 1 is 1.67 bits per heavy atom. The number of nitrogens with zero attached hydrogens (tertiary/aromatic N) is 3. The summed E-state index contributed by atoms with van der Waals surface area (Å²) in [5, 5.41) is 8.79. The predicted molar refractivity (Wildman–Crippen MR) is 59.6 cm³/mol. The van der Waals surface area contributed by atoms with Crippen LogP contribution < -0.4 is 0 Å². The summed E-state index contributed by atoms with van der Waals surface area (Å²) in [6.07, 6.45) is 0.250. The first-order valence-corrected chi connectivity index (χ1v) is 5.61. The number of hydrogen-bond donors (Lipinski definition) is 0. The van der Waals surface area contributed by atoms with Crippen molar-refractivity contribution in [2.24, 2.45) is 0 Å². The highest BCUT2D eigenvalue weighted by atomic mass is 16.5. The van der Waals surface area contributed by atoms with E-state index in [1.807, 2.05) is 18.9 Å². The fourth-order valence-electron chi connectivity index (χ4n) is 1.76. The summed E-state index contributed by atoms with van der Waals surface area (Å²) in [5.41, 5.74) is 0. The number of morpholine rings is 1. The molecule has 1 saturated heterocycles. The van der Waals surface area contributed by atoms with Crippen molar-refractivity contribution in [2.75, 3.05) is 39.8 Å². The van der Waals surface area contributed by atoms with E-state index >= 15 is 0 Å². The molecule has 0 aromatic carbocycles. The largest absolute Gasteiger partial charge is 0.374 e. The summed E-state index contributed by atoms with van der Waals surface area (Å²) in [5.74, 6) is 0. The second kappa shape index (κ2) is 6.06. The maximum Gasteiger partial charge on any atom is 0.0947 e. The lowest BCUT2D eigenvalue weighted by atomic mass is 10.2. The average molecular weight is 211 g/mol. The Hall–Kier alpha value is -0.630. The Morgan fingerprint density at radius 3 is 3.00 bits per heavy atom. The molecule has 86 valence electrons. The lowest BCUT2D eigenvalue weighted by molar-refractivity contribution is -0.0406. The van der Waals surface area contributed by atoms with Crippen molar-refractivity contribution >= 4 is 0 Å². The van der Waals surface area contributed by atoms with Gasteiger partial charge in [-0.05, 0) is 20.5 Å². The van der Waals surface area contributed by atoms with Gasteiger partial charge in [0.05, 0.1) is 24.8 Å². The van der Waals surface area contributed by atoms with Crippen LogP contribution in [-0.4, -0.2) is 61.8 Å². The first-order chi connectivity index (χ1) is 7.17. The standard InChI is InChI=1S/C11H21N3O/c1-4-14-5-6-15-11(9-14)8-13(3)10(2)7-12/h10-11H,4-6,8-9H2,1-3H3. The van der Waals surface area contributed by atoms with Crippen molar-refractivity contribution in [2.45, 2.75) is 26.0 Å². The fourth-order valence-corrected chi connectivity index (χ4v) is 1.76. The van der Waals surface area contributed by atoms with Gasteiger partial charge in [0.25, 0.3) is 0 Å². The zero-order valence-electron chi connectivity index (χ0n) is 9.94. The number of rotatable bonds is 4. The van der Waals surface area contributed by atoms with Gasteiger partial charge in [0.2, 0.25) is 0 Å². The van der Waals surface area contributed by atoms with E-state index in [-0.39, 0.29) is 12.1 Å². The van der Waals surface area contributed by atoms with Gasteiger partial charge in [0.15, 0.2) is 0 Å². The zero-order valence-corrected chi connectivity index (χ0v) is 9.94. The highest BCUT2D eigenvalue weighted by Gasteiger charge is 2.21. The van der Waals surface area contributed by atoms with E-state index in [0.29, 0.717) is 0 Å². The molecule has 4 nitrogen and oxygen atoms in total. The molecule has 1 aliphatic heterocycles. The van der Waals surface area contributed by atoms with Crippen molar-refractivity contribution in [3.05, 3.63) is 0 Å². The van der Waals surface area contributed by atoms with Crippen molar-refractivity contribution in [3.8, 4) is 6.07 Å². The molecule has 2 atom stereocenters. The number of nitriles is 1. The summed E-state index contributed by atoms with van der Waals surface area (Å²) < 4.78 is 5.68. The Morgan fingerprint density at radius 2 is 2.40 bits per heavy atom. The molecular formula is C11H21N3O. The summed E-state index contributed by atoms with van der Waals surface area (Å²) in [7, 11) is 1.97. The predicted octanol–water partition coefficient (Wildman–Crippen LogP) is 0.551. The molecule has 2 unspecified atom stereocenters. The lowest BCUT2D eigenvalue weighted by Gasteiger charge is -2.34. The minimum Gasteiger partial charge on any atom is -0.374 e. The van der Waals surface area contributed by atoms with Gasteiger partial charge in [0, 0.05) is 19.6 Å². The molecule has 1 fully saturated rings. The molecule has 1 heterocycles. The highest BCUT2D eigenvalue weighted by molar-refractivity contribution is 4.88. The van der Waals surface area contributed by atoms with Crippen LogP contribution in [0, 0.1) is 11.3 Å². The highest BCUT2D eigenvalue weighted by Crippen LogP contribution is 2.07. The maximum absolute atomic E-state index is 8.79. The number of hydrogen-bond acceptors (Lipinski definition) is 4. The van der Waals surface area contributed by atoms with Gasteiger partial charge in [-0.15, -0.1) is 0 Å². The Kier molecular flexibility index (Phi) is 5.03. The topological polar surface area (TPSA) is 39.5 Å². The first-order valence-electron chi connectivity index (χ1n) is 5.61. The van der Waals surface area contributed by atoms with Crippen LogP contribution >= 0.6 is 0 Å². The molecule has 0 aromatic heterocycles. The molecule has 0 spiro atoms. The number of ether oxygens (including phenoxy) is 1. The summed E-state index contributed by atoms with van der Waals surface area (Å²) in [6.45, 7) is 8.84. The SMILES string of the molecule is CCN1CCOC(CN(C)C(C)C#N)C1. The van der Waals surface area contributed by atoms with Crippen LogP contribution in [0.1, 0.15) is 13.8 Å². The fraction of sp³-hybridized carbons (Fsp3) is 0.909. The van der Waals surface area contributed by atoms with Crippen LogP contribution in [-0.2, 0) is 4.74 Å². The molecule has 15 heavy (non-hydrogen) atoms. The van der Waals surface area contributed by atoms with Crippen molar-refractivity contribution < 1.29 is 4.74 Å². The molecule has 0 amide bonds. The molecule has 0 aromatic rings. The van der Waals surface area contributed by atoms with Crippen LogP contribution in [0.4, 0.5) is 0 Å². The van der Waals surface area contributed by atoms with E-state index in [2.05, 4.69) is 17.9 Å². The average Bonchev–Trinajstić information content (AvgIpc) is 2.28. The van der Waals surface area contributed by atoms with Gasteiger partial charge in [0.1, 0.15) is 0 Å². The minimum atomic E-state index is -0.0365. The molecular weight excluding hydrogens is 190 g/mol.